The maximum atomic E-state index is 9.07. The quantitative estimate of drug-likeness (QED) is 0.611. The van der Waals surface area contributed by atoms with Crippen molar-refractivity contribution in [1.82, 2.24) is 20.6 Å². The lowest BCUT2D eigenvalue weighted by atomic mass is 10.2. The van der Waals surface area contributed by atoms with Crippen LogP contribution >= 0.6 is 0 Å². The maximum absolute atomic E-state index is 9.07. The van der Waals surface area contributed by atoms with Gasteiger partial charge in [0, 0.05) is 31.7 Å². The van der Waals surface area contributed by atoms with Gasteiger partial charge in [0.2, 0.25) is 5.82 Å². The third-order valence-electron chi connectivity index (χ3n) is 2.68. The molecule has 2 aromatic rings. The summed E-state index contributed by atoms with van der Waals surface area (Å²) in [5.41, 5.74) is 1.91. The number of methoxy groups -OCH3 is 2. The molecule has 0 saturated heterocycles. The Bertz CT molecular complexity index is 643. The second-order valence-corrected chi connectivity index (χ2v) is 3.98. The summed E-state index contributed by atoms with van der Waals surface area (Å²) in [5.74, 6) is 0.229. The molecule has 0 spiro atoms. The first-order valence-corrected chi connectivity index (χ1v) is 6.04. The molecule has 21 heavy (non-hydrogen) atoms. The smallest absolute Gasteiger partial charge is 0.216 e. The average molecular weight is 286 g/mol. The van der Waals surface area contributed by atoms with E-state index in [1.165, 1.54) is 6.20 Å². The zero-order valence-electron chi connectivity index (χ0n) is 11.6. The van der Waals surface area contributed by atoms with Gasteiger partial charge in [-0.1, -0.05) is 12.1 Å². The molecular formula is C13H14N6O2. The van der Waals surface area contributed by atoms with E-state index in [9.17, 15) is 0 Å². The first-order chi connectivity index (χ1) is 10.3. The topological polar surface area (TPSA) is 109 Å². The molecule has 0 saturated carbocycles. The molecule has 8 heteroatoms. The number of allylic oxidation sites excluding steroid dienone is 1. The van der Waals surface area contributed by atoms with Crippen LogP contribution in [-0.2, 0) is 9.47 Å². The SMILES string of the molecule is COC(OC)c1cccc(NC=C(C#N)c2nn[nH]n2)c1. The van der Waals surface area contributed by atoms with Gasteiger partial charge in [0.15, 0.2) is 6.29 Å². The van der Waals surface area contributed by atoms with Crippen molar-refractivity contribution >= 4 is 11.3 Å². The molecule has 108 valence electrons. The van der Waals surface area contributed by atoms with E-state index in [0.717, 1.165) is 11.3 Å². The zero-order chi connectivity index (χ0) is 15.1. The highest BCUT2D eigenvalue weighted by Crippen LogP contribution is 2.21. The number of ether oxygens (including phenoxy) is 2. The standard InChI is InChI=1S/C13H14N6O2/c1-20-13(21-2)9-4-3-5-11(6-9)15-8-10(7-14)12-16-18-19-17-12/h3-6,8,13,15H,1-2H3,(H,16,17,18,19). The van der Waals surface area contributed by atoms with Crippen LogP contribution in [0.5, 0.6) is 0 Å². The van der Waals surface area contributed by atoms with E-state index < -0.39 is 6.29 Å². The third-order valence-corrected chi connectivity index (χ3v) is 2.68. The number of tetrazole rings is 1. The summed E-state index contributed by atoms with van der Waals surface area (Å²) < 4.78 is 10.4. The van der Waals surface area contributed by atoms with Crippen molar-refractivity contribution in [1.29, 1.82) is 5.26 Å². The van der Waals surface area contributed by atoms with Crippen LogP contribution in [0.2, 0.25) is 0 Å². The Morgan fingerprint density at radius 2 is 2.24 bits per heavy atom. The van der Waals surface area contributed by atoms with Crippen LogP contribution in [0, 0.1) is 11.3 Å². The van der Waals surface area contributed by atoms with E-state index in [0.29, 0.717) is 0 Å². The van der Waals surface area contributed by atoms with Crippen molar-refractivity contribution in [2.45, 2.75) is 6.29 Å². The summed E-state index contributed by atoms with van der Waals surface area (Å²) in [7, 11) is 3.14. The molecule has 2 N–H and O–H groups in total. The minimum Gasteiger partial charge on any atom is -0.360 e. The molecular weight excluding hydrogens is 272 g/mol. The van der Waals surface area contributed by atoms with Gasteiger partial charge in [0.05, 0.1) is 0 Å². The number of aromatic nitrogens is 4. The Labute approximate surface area is 121 Å². The van der Waals surface area contributed by atoms with Crippen LogP contribution < -0.4 is 5.32 Å². The van der Waals surface area contributed by atoms with Crippen molar-refractivity contribution < 1.29 is 9.47 Å². The molecule has 1 aromatic heterocycles. The molecule has 0 radical (unpaired) electrons. The highest BCUT2D eigenvalue weighted by atomic mass is 16.7. The lowest BCUT2D eigenvalue weighted by molar-refractivity contribution is -0.105. The molecule has 0 aliphatic carbocycles. The number of nitrogens with zero attached hydrogens (tertiary/aromatic N) is 4. The van der Waals surface area contributed by atoms with Crippen LogP contribution in [0.1, 0.15) is 17.7 Å². The highest BCUT2D eigenvalue weighted by molar-refractivity contribution is 5.74. The lowest BCUT2D eigenvalue weighted by Gasteiger charge is -2.14. The van der Waals surface area contributed by atoms with Gasteiger partial charge in [-0.2, -0.15) is 10.5 Å². The molecule has 0 aliphatic rings. The number of nitriles is 1. The molecule has 1 aromatic carbocycles. The molecule has 0 atom stereocenters. The van der Waals surface area contributed by atoms with Gasteiger partial charge in [0.25, 0.3) is 0 Å². The molecule has 8 nitrogen and oxygen atoms in total. The monoisotopic (exact) mass is 286 g/mol. The van der Waals surface area contributed by atoms with Gasteiger partial charge < -0.3 is 14.8 Å². The minimum absolute atomic E-state index is 0.229. The summed E-state index contributed by atoms with van der Waals surface area (Å²) in [5, 5.41) is 25.3. The van der Waals surface area contributed by atoms with E-state index in [1.807, 2.05) is 30.3 Å². The van der Waals surface area contributed by atoms with Gasteiger partial charge in [-0.25, -0.2) is 0 Å². The summed E-state index contributed by atoms with van der Waals surface area (Å²) in [6, 6.07) is 9.46. The number of rotatable bonds is 6. The van der Waals surface area contributed by atoms with Crippen LogP contribution in [-0.4, -0.2) is 34.8 Å². The Morgan fingerprint density at radius 3 is 2.86 bits per heavy atom. The lowest BCUT2D eigenvalue weighted by Crippen LogP contribution is -2.04. The summed E-state index contributed by atoms with van der Waals surface area (Å²) in [4.78, 5) is 0. The fourth-order valence-corrected chi connectivity index (χ4v) is 1.72. The molecule has 0 aliphatic heterocycles. The first-order valence-electron chi connectivity index (χ1n) is 6.04. The Balaban J connectivity index is 2.17. The number of hydrogen-bond donors (Lipinski definition) is 2. The number of H-pyrrole nitrogens is 1. The van der Waals surface area contributed by atoms with Gasteiger partial charge in [0.1, 0.15) is 11.6 Å². The number of hydrogen-bond acceptors (Lipinski definition) is 7. The summed E-state index contributed by atoms with van der Waals surface area (Å²) in [6.07, 6.45) is 1.07. The van der Waals surface area contributed by atoms with Crippen LogP contribution in [0.3, 0.4) is 0 Å². The van der Waals surface area contributed by atoms with E-state index >= 15 is 0 Å². The third kappa shape index (κ3) is 3.62. The molecule has 0 bridgehead atoms. The second-order valence-electron chi connectivity index (χ2n) is 3.98. The zero-order valence-corrected chi connectivity index (χ0v) is 11.6. The van der Waals surface area contributed by atoms with Crippen LogP contribution in [0.25, 0.3) is 5.57 Å². The molecule has 0 unspecified atom stereocenters. The van der Waals surface area contributed by atoms with Gasteiger partial charge >= 0.3 is 0 Å². The van der Waals surface area contributed by atoms with Crippen molar-refractivity contribution in [3.8, 4) is 6.07 Å². The molecule has 0 fully saturated rings. The second kappa shape index (κ2) is 7.14. The number of benzene rings is 1. The molecule has 1 heterocycles. The number of nitrogens with one attached hydrogen (secondary N) is 2. The summed E-state index contributed by atoms with van der Waals surface area (Å²) in [6.45, 7) is 0. The normalized spacial score (nSPS) is 11.4. The highest BCUT2D eigenvalue weighted by Gasteiger charge is 2.09. The Kier molecular flexibility index (Phi) is 4.98. The van der Waals surface area contributed by atoms with Gasteiger partial charge in [-0.3, -0.25) is 0 Å². The van der Waals surface area contributed by atoms with E-state index in [4.69, 9.17) is 14.7 Å². The Hall–Kier alpha value is -2.76. The fraction of sp³-hybridized carbons (Fsp3) is 0.231. The largest absolute Gasteiger partial charge is 0.360 e. The first kappa shape index (κ1) is 14.6. The predicted octanol–water partition coefficient (Wildman–Crippen LogP) is 1.47. The van der Waals surface area contributed by atoms with Crippen molar-refractivity contribution in [3.63, 3.8) is 0 Å². The maximum Gasteiger partial charge on any atom is 0.216 e. The van der Waals surface area contributed by atoms with Crippen LogP contribution in [0.15, 0.2) is 30.5 Å². The van der Waals surface area contributed by atoms with Gasteiger partial charge in [-0.15, -0.1) is 10.2 Å². The predicted molar refractivity (Wildman–Crippen MR) is 74.6 cm³/mol. The number of aromatic amines is 1. The van der Waals surface area contributed by atoms with Gasteiger partial charge in [-0.05, 0) is 17.3 Å². The van der Waals surface area contributed by atoms with Crippen molar-refractivity contribution in [2.24, 2.45) is 0 Å². The average Bonchev–Trinajstić information content (AvgIpc) is 3.04. The minimum atomic E-state index is -0.441. The van der Waals surface area contributed by atoms with Crippen LogP contribution in [0.4, 0.5) is 5.69 Å². The summed E-state index contributed by atoms with van der Waals surface area (Å²) >= 11 is 0. The molecule has 0 amide bonds. The Morgan fingerprint density at radius 1 is 1.43 bits per heavy atom. The van der Waals surface area contributed by atoms with E-state index in [-0.39, 0.29) is 11.4 Å². The number of anilines is 1. The van der Waals surface area contributed by atoms with Crippen molar-refractivity contribution in [3.05, 3.63) is 41.9 Å². The molecule has 2 rings (SSSR count). The van der Waals surface area contributed by atoms with E-state index in [1.54, 1.807) is 14.2 Å². The fourth-order valence-electron chi connectivity index (χ4n) is 1.72. The van der Waals surface area contributed by atoms with E-state index in [2.05, 4.69) is 25.9 Å². The van der Waals surface area contributed by atoms with Crippen molar-refractivity contribution in [2.75, 3.05) is 19.5 Å².